The van der Waals surface area contributed by atoms with Gasteiger partial charge in [-0.1, -0.05) is 33.8 Å². The second-order valence-electron chi connectivity index (χ2n) is 7.00. The molecule has 1 aliphatic carbocycles. The first kappa shape index (κ1) is 16.3. The monoisotopic (exact) mass is 290 g/mol. The van der Waals surface area contributed by atoms with E-state index in [0.29, 0.717) is 12.0 Å². The maximum atomic E-state index is 6.21. The van der Waals surface area contributed by atoms with Crippen molar-refractivity contribution in [1.82, 2.24) is 10.3 Å². The van der Waals surface area contributed by atoms with Crippen molar-refractivity contribution in [2.45, 2.75) is 59.6 Å². The quantitative estimate of drug-likeness (QED) is 0.859. The van der Waals surface area contributed by atoms with E-state index in [9.17, 15) is 0 Å². The first-order chi connectivity index (χ1) is 10.1. The van der Waals surface area contributed by atoms with Crippen LogP contribution in [0.4, 0.5) is 0 Å². The summed E-state index contributed by atoms with van der Waals surface area (Å²) in [5.41, 5.74) is 1.17. The zero-order valence-electron chi connectivity index (χ0n) is 13.9. The van der Waals surface area contributed by atoms with E-state index >= 15 is 0 Å². The summed E-state index contributed by atoms with van der Waals surface area (Å²) in [7, 11) is 0. The van der Waals surface area contributed by atoms with Gasteiger partial charge in [-0.25, -0.2) is 4.98 Å². The molecule has 1 fully saturated rings. The lowest BCUT2D eigenvalue weighted by atomic mass is 9.80. The van der Waals surface area contributed by atoms with E-state index < -0.39 is 0 Å². The molecule has 1 heterocycles. The number of nitrogens with one attached hydrogen (secondary N) is 1. The minimum absolute atomic E-state index is 0.329. The lowest BCUT2D eigenvalue weighted by Gasteiger charge is -2.32. The van der Waals surface area contributed by atoms with Crippen LogP contribution in [0.15, 0.2) is 18.3 Å². The summed E-state index contributed by atoms with van der Waals surface area (Å²) < 4.78 is 6.21. The maximum absolute atomic E-state index is 6.21. The summed E-state index contributed by atoms with van der Waals surface area (Å²) >= 11 is 0. The third-order valence-corrected chi connectivity index (χ3v) is 4.55. The molecule has 1 N–H and O–H groups in total. The first-order valence-corrected chi connectivity index (χ1v) is 8.37. The van der Waals surface area contributed by atoms with Gasteiger partial charge in [0.15, 0.2) is 0 Å². The van der Waals surface area contributed by atoms with Gasteiger partial charge in [0, 0.05) is 18.3 Å². The molecule has 0 radical (unpaired) electrons. The number of hydrogen-bond donors (Lipinski definition) is 1. The molecule has 0 spiro atoms. The van der Waals surface area contributed by atoms with Crippen LogP contribution in [0.3, 0.4) is 0 Å². The van der Waals surface area contributed by atoms with Crippen LogP contribution in [0.5, 0.6) is 5.88 Å². The summed E-state index contributed by atoms with van der Waals surface area (Å²) in [6.45, 7) is 11.0. The molecule has 21 heavy (non-hydrogen) atoms. The topological polar surface area (TPSA) is 34.2 Å². The molecule has 1 saturated carbocycles. The number of ether oxygens (including phenoxy) is 1. The van der Waals surface area contributed by atoms with Crippen molar-refractivity contribution in [3.05, 3.63) is 23.9 Å². The van der Waals surface area contributed by atoms with Crippen LogP contribution in [0.25, 0.3) is 0 Å². The van der Waals surface area contributed by atoms with Crippen molar-refractivity contribution < 1.29 is 4.74 Å². The van der Waals surface area contributed by atoms with Crippen LogP contribution in [-0.2, 0) is 6.54 Å². The predicted octanol–water partition coefficient (Wildman–Crippen LogP) is 4.03. The second kappa shape index (κ2) is 7.79. The van der Waals surface area contributed by atoms with E-state index in [1.807, 2.05) is 12.3 Å². The second-order valence-corrected chi connectivity index (χ2v) is 7.00. The van der Waals surface area contributed by atoms with Crippen molar-refractivity contribution in [2.75, 3.05) is 6.54 Å². The Morgan fingerprint density at radius 2 is 2.10 bits per heavy atom. The van der Waals surface area contributed by atoms with Crippen LogP contribution in [0.1, 0.15) is 52.5 Å². The van der Waals surface area contributed by atoms with Gasteiger partial charge in [-0.2, -0.15) is 0 Å². The third-order valence-electron chi connectivity index (χ3n) is 4.55. The molecule has 3 heteroatoms. The summed E-state index contributed by atoms with van der Waals surface area (Å²) in [6, 6.07) is 4.11. The average molecular weight is 290 g/mol. The van der Waals surface area contributed by atoms with Crippen molar-refractivity contribution in [1.29, 1.82) is 0 Å². The van der Waals surface area contributed by atoms with Crippen molar-refractivity contribution in [2.24, 2.45) is 17.8 Å². The van der Waals surface area contributed by atoms with E-state index in [0.717, 1.165) is 43.6 Å². The summed E-state index contributed by atoms with van der Waals surface area (Å²) in [4.78, 5) is 4.45. The number of hydrogen-bond acceptors (Lipinski definition) is 3. The highest BCUT2D eigenvalue weighted by Crippen LogP contribution is 2.32. The lowest BCUT2D eigenvalue weighted by molar-refractivity contribution is 0.0953. The van der Waals surface area contributed by atoms with E-state index in [1.54, 1.807) is 0 Å². The molecule has 1 aromatic heterocycles. The first-order valence-electron chi connectivity index (χ1n) is 8.37. The fourth-order valence-electron chi connectivity index (χ4n) is 2.92. The lowest BCUT2D eigenvalue weighted by Crippen LogP contribution is -2.29. The highest BCUT2D eigenvalue weighted by Gasteiger charge is 2.26. The molecule has 2 rings (SSSR count). The predicted molar refractivity (Wildman–Crippen MR) is 87.4 cm³/mol. The fourth-order valence-corrected chi connectivity index (χ4v) is 2.92. The normalized spacial score (nSPS) is 26.0. The molecule has 3 atom stereocenters. The molecule has 1 aliphatic rings. The number of aromatic nitrogens is 1. The summed E-state index contributed by atoms with van der Waals surface area (Å²) in [6.07, 6.45) is 5.72. The Balaban J connectivity index is 1.93. The summed E-state index contributed by atoms with van der Waals surface area (Å²) in [5, 5.41) is 3.47. The van der Waals surface area contributed by atoms with E-state index in [-0.39, 0.29) is 0 Å². The zero-order valence-corrected chi connectivity index (χ0v) is 13.9. The Kier molecular flexibility index (Phi) is 6.04. The average Bonchev–Trinajstić information content (AvgIpc) is 2.44. The minimum Gasteiger partial charge on any atom is -0.474 e. The Labute approximate surface area is 129 Å². The number of nitrogens with zero attached hydrogens (tertiary/aromatic N) is 1. The molecule has 0 aliphatic heterocycles. The van der Waals surface area contributed by atoms with Crippen molar-refractivity contribution >= 4 is 0 Å². The van der Waals surface area contributed by atoms with Gasteiger partial charge in [0.05, 0.1) is 0 Å². The van der Waals surface area contributed by atoms with E-state index in [1.165, 1.54) is 12.0 Å². The van der Waals surface area contributed by atoms with Gasteiger partial charge in [-0.05, 0) is 49.6 Å². The SMILES string of the molecule is CC(C)CNCc1cccnc1OC1CCC(C)C(C)C1. The number of pyridine rings is 1. The Hall–Kier alpha value is -1.09. The minimum atomic E-state index is 0.329. The van der Waals surface area contributed by atoms with E-state index in [4.69, 9.17) is 4.74 Å². The van der Waals surface area contributed by atoms with Crippen molar-refractivity contribution in [3.8, 4) is 5.88 Å². The van der Waals surface area contributed by atoms with Gasteiger partial charge in [0.1, 0.15) is 6.10 Å². The molecular formula is C18H30N2O. The molecule has 3 nitrogen and oxygen atoms in total. The Bertz CT molecular complexity index is 433. The van der Waals surface area contributed by atoms with Crippen molar-refractivity contribution in [3.63, 3.8) is 0 Å². The Morgan fingerprint density at radius 3 is 2.81 bits per heavy atom. The van der Waals surface area contributed by atoms with Crippen LogP contribution < -0.4 is 10.1 Å². The van der Waals surface area contributed by atoms with Gasteiger partial charge in [0.2, 0.25) is 5.88 Å². The molecular weight excluding hydrogens is 260 g/mol. The number of rotatable bonds is 6. The molecule has 3 unspecified atom stereocenters. The van der Waals surface area contributed by atoms with Gasteiger partial charge >= 0.3 is 0 Å². The molecule has 0 saturated heterocycles. The molecule has 1 aromatic rings. The third kappa shape index (κ3) is 4.99. The highest BCUT2D eigenvalue weighted by atomic mass is 16.5. The van der Waals surface area contributed by atoms with Gasteiger partial charge in [0.25, 0.3) is 0 Å². The Morgan fingerprint density at radius 1 is 1.29 bits per heavy atom. The van der Waals surface area contributed by atoms with E-state index in [2.05, 4.69) is 44.1 Å². The standard InChI is InChI=1S/C18H30N2O/c1-13(2)11-19-12-16-6-5-9-20-18(16)21-17-8-7-14(3)15(4)10-17/h5-6,9,13-15,17,19H,7-8,10-12H2,1-4H3. The largest absolute Gasteiger partial charge is 0.474 e. The molecule has 0 amide bonds. The molecule has 0 bridgehead atoms. The van der Waals surface area contributed by atoms with Gasteiger partial charge in [-0.15, -0.1) is 0 Å². The summed E-state index contributed by atoms with van der Waals surface area (Å²) in [5.74, 6) is 3.04. The highest BCUT2D eigenvalue weighted by molar-refractivity contribution is 5.25. The molecule has 118 valence electrons. The van der Waals surface area contributed by atoms with Gasteiger partial charge < -0.3 is 10.1 Å². The van der Waals surface area contributed by atoms with Gasteiger partial charge in [-0.3, -0.25) is 0 Å². The van der Waals surface area contributed by atoms with Crippen LogP contribution in [0, 0.1) is 17.8 Å². The smallest absolute Gasteiger partial charge is 0.218 e. The van der Waals surface area contributed by atoms with Crippen LogP contribution in [-0.4, -0.2) is 17.6 Å². The maximum Gasteiger partial charge on any atom is 0.218 e. The van der Waals surface area contributed by atoms with Crippen LogP contribution in [0.2, 0.25) is 0 Å². The fraction of sp³-hybridized carbons (Fsp3) is 0.722. The van der Waals surface area contributed by atoms with Crippen LogP contribution >= 0.6 is 0 Å². The zero-order chi connectivity index (χ0) is 15.2. The molecule has 0 aromatic carbocycles.